The lowest BCUT2D eigenvalue weighted by Crippen LogP contribution is -2.40. The van der Waals surface area contributed by atoms with Crippen molar-refractivity contribution in [2.45, 2.75) is 38.7 Å². The standard InChI is InChI=1S/C14H28N4O2/c1-4-15-14(17-11-13(19)18(2)3)16-9-8-12-7-5-6-10-20-12/h12H,4-11H2,1-3H3,(H2,15,16,17). The van der Waals surface area contributed by atoms with Crippen LogP contribution < -0.4 is 10.6 Å². The maximum atomic E-state index is 11.5. The molecular weight excluding hydrogens is 256 g/mol. The van der Waals surface area contributed by atoms with E-state index in [9.17, 15) is 4.79 Å². The van der Waals surface area contributed by atoms with E-state index in [4.69, 9.17) is 4.74 Å². The molecule has 0 saturated carbocycles. The number of nitrogens with zero attached hydrogens (tertiary/aromatic N) is 2. The first-order chi connectivity index (χ1) is 9.63. The zero-order valence-electron chi connectivity index (χ0n) is 12.9. The van der Waals surface area contributed by atoms with E-state index in [2.05, 4.69) is 15.6 Å². The molecule has 1 rings (SSSR count). The normalized spacial score (nSPS) is 19.6. The molecule has 0 aliphatic carbocycles. The Kier molecular flexibility index (Phi) is 8.02. The molecule has 0 aromatic rings. The number of amides is 1. The van der Waals surface area contributed by atoms with Gasteiger partial charge in [-0.15, -0.1) is 0 Å². The smallest absolute Gasteiger partial charge is 0.243 e. The fourth-order valence-electron chi connectivity index (χ4n) is 2.02. The molecule has 1 unspecified atom stereocenters. The highest BCUT2D eigenvalue weighted by atomic mass is 16.5. The fourth-order valence-corrected chi connectivity index (χ4v) is 2.02. The number of rotatable bonds is 6. The number of nitrogens with one attached hydrogen (secondary N) is 2. The molecule has 0 aromatic carbocycles. The van der Waals surface area contributed by atoms with Crippen molar-refractivity contribution in [2.24, 2.45) is 4.99 Å². The van der Waals surface area contributed by atoms with Crippen molar-refractivity contribution in [3.05, 3.63) is 0 Å². The number of carbonyl (C=O) groups excluding carboxylic acids is 1. The van der Waals surface area contributed by atoms with Crippen molar-refractivity contribution < 1.29 is 9.53 Å². The minimum atomic E-state index is -0.00202. The maximum absolute atomic E-state index is 11.5. The van der Waals surface area contributed by atoms with Crippen LogP contribution in [0, 0.1) is 0 Å². The maximum Gasteiger partial charge on any atom is 0.243 e. The Labute approximate surface area is 122 Å². The summed E-state index contributed by atoms with van der Waals surface area (Å²) in [5.74, 6) is 0.691. The molecule has 0 aromatic heterocycles. The van der Waals surface area contributed by atoms with Crippen molar-refractivity contribution >= 4 is 11.9 Å². The largest absolute Gasteiger partial charge is 0.378 e. The van der Waals surface area contributed by atoms with Gasteiger partial charge in [0.1, 0.15) is 6.54 Å². The van der Waals surface area contributed by atoms with Gasteiger partial charge in [-0.05, 0) is 32.6 Å². The quantitative estimate of drug-likeness (QED) is 0.553. The minimum absolute atomic E-state index is 0.00202. The summed E-state index contributed by atoms with van der Waals surface area (Å²) in [6, 6.07) is 0. The van der Waals surface area contributed by atoms with Crippen molar-refractivity contribution in [3.63, 3.8) is 0 Å². The van der Waals surface area contributed by atoms with Gasteiger partial charge in [0.15, 0.2) is 5.96 Å². The summed E-state index contributed by atoms with van der Waals surface area (Å²) in [7, 11) is 3.47. The summed E-state index contributed by atoms with van der Waals surface area (Å²) < 4.78 is 5.69. The lowest BCUT2D eigenvalue weighted by Gasteiger charge is -2.23. The van der Waals surface area contributed by atoms with E-state index in [-0.39, 0.29) is 12.5 Å². The third kappa shape index (κ3) is 6.75. The van der Waals surface area contributed by atoms with Gasteiger partial charge in [0.2, 0.25) is 5.91 Å². The lowest BCUT2D eigenvalue weighted by molar-refractivity contribution is -0.127. The van der Waals surface area contributed by atoms with E-state index in [0.717, 1.165) is 32.5 Å². The third-order valence-electron chi connectivity index (χ3n) is 3.25. The van der Waals surface area contributed by atoms with Crippen LogP contribution in [0.5, 0.6) is 0 Å². The summed E-state index contributed by atoms with van der Waals surface area (Å²) in [5.41, 5.74) is 0. The Bertz CT molecular complexity index is 312. The lowest BCUT2D eigenvalue weighted by atomic mass is 10.1. The molecule has 1 saturated heterocycles. The van der Waals surface area contributed by atoms with E-state index in [1.54, 1.807) is 19.0 Å². The van der Waals surface area contributed by atoms with Gasteiger partial charge in [0.05, 0.1) is 6.10 Å². The van der Waals surface area contributed by atoms with Crippen LogP contribution >= 0.6 is 0 Å². The Morgan fingerprint density at radius 1 is 1.35 bits per heavy atom. The van der Waals surface area contributed by atoms with Gasteiger partial charge in [-0.3, -0.25) is 4.79 Å². The number of hydrogen-bond acceptors (Lipinski definition) is 3. The molecule has 6 heteroatoms. The Morgan fingerprint density at radius 3 is 2.75 bits per heavy atom. The van der Waals surface area contributed by atoms with Gasteiger partial charge in [0.25, 0.3) is 0 Å². The van der Waals surface area contributed by atoms with Crippen LogP contribution in [0.2, 0.25) is 0 Å². The molecule has 1 fully saturated rings. The second kappa shape index (κ2) is 9.58. The van der Waals surface area contributed by atoms with Crippen LogP contribution in [0.4, 0.5) is 0 Å². The minimum Gasteiger partial charge on any atom is -0.378 e. The Balaban J connectivity index is 2.30. The highest BCUT2D eigenvalue weighted by molar-refractivity contribution is 5.84. The monoisotopic (exact) mass is 284 g/mol. The number of aliphatic imine (C=N–C) groups is 1. The SMILES string of the molecule is CCNC(=NCC(=O)N(C)C)NCCC1CCCCO1. The van der Waals surface area contributed by atoms with Gasteiger partial charge < -0.3 is 20.3 Å². The zero-order valence-corrected chi connectivity index (χ0v) is 12.9. The fraction of sp³-hybridized carbons (Fsp3) is 0.857. The highest BCUT2D eigenvalue weighted by Gasteiger charge is 2.13. The van der Waals surface area contributed by atoms with Crippen LogP contribution in [0.1, 0.15) is 32.6 Å². The van der Waals surface area contributed by atoms with Crippen molar-refractivity contribution in [3.8, 4) is 0 Å². The van der Waals surface area contributed by atoms with E-state index in [1.165, 1.54) is 12.8 Å². The van der Waals surface area contributed by atoms with Crippen molar-refractivity contribution in [2.75, 3.05) is 40.3 Å². The number of carbonyl (C=O) groups is 1. The molecule has 1 heterocycles. The molecule has 2 N–H and O–H groups in total. The van der Waals surface area contributed by atoms with Crippen LogP contribution in [-0.4, -0.2) is 63.2 Å². The molecule has 0 spiro atoms. The Morgan fingerprint density at radius 2 is 2.15 bits per heavy atom. The number of ether oxygens (including phenoxy) is 1. The summed E-state index contributed by atoms with van der Waals surface area (Å²) in [5, 5.41) is 6.39. The highest BCUT2D eigenvalue weighted by Crippen LogP contribution is 2.14. The zero-order chi connectivity index (χ0) is 14.8. The van der Waals surface area contributed by atoms with Crippen LogP contribution in [-0.2, 0) is 9.53 Å². The van der Waals surface area contributed by atoms with Crippen LogP contribution in [0.3, 0.4) is 0 Å². The molecule has 0 radical (unpaired) electrons. The van der Waals surface area contributed by atoms with E-state index in [1.807, 2.05) is 6.92 Å². The van der Waals surface area contributed by atoms with Gasteiger partial charge >= 0.3 is 0 Å². The van der Waals surface area contributed by atoms with E-state index < -0.39 is 0 Å². The van der Waals surface area contributed by atoms with Gasteiger partial charge in [0, 0.05) is 33.8 Å². The van der Waals surface area contributed by atoms with E-state index >= 15 is 0 Å². The summed E-state index contributed by atoms with van der Waals surface area (Å²) in [6.45, 7) is 4.65. The molecule has 6 nitrogen and oxygen atoms in total. The molecule has 1 amide bonds. The molecule has 116 valence electrons. The van der Waals surface area contributed by atoms with E-state index in [0.29, 0.717) is 12.1 Å². The van der Waals surface area contributed by atoms with Crippen molar-refractivity contribution in [1.82, 2.24) is 15.5 Å². The first-order valence-corrected chi connectivity index (χ1v) is 7.47. The Hall–Kier alpha value is -1.30. The first kappa shape index (κ1) is 16.8. The molecular formula is C14H28N4O2. The molecule has 1 atom stereocenters. The predicted molar refractivity (Wildman–Crippen MR) is 80.9 cm³/mol. The van der Waals surface area contributed by atoms with Crippen LogP contribution in [0.25, 0.3) is 0 Å². The molecule has 1 aliphatic rings. The van der Waals surface area contributed by atoms with Crippen molar-refractivity contribution in [1.29, 1.82) is 0 Å². The second-order valence-corrected chi connectivity index (χ2v) is 5.19. The average Bonchev–Trinajstić information content (AvgIpc) is 2.45. The number of hydrogen-bond donors (Lipinski definition) is 2. The van der Waals surface area contributed by atoms with Gasteiger partial charge in [-0.2, -0.15) is 0 Å². The topological polar surface area (TPSA) is 66.0 Å². The van der Waals surface area contributed by atoms with Gasteiger partial charge in [-0.1, -0.05) is 0 Å². The second-order valence-electron chi connectivity index (χ2n) is 5.19. The number of guanidine groups is 1. The third-order valence-corrected chi connectivity index (χ3v) is 3.25. The average molecular weight is 284 g/mol. The molecule has 0 bridgehead atoms. The first-order valence-electron chi connectivity index (χ1n) is 7.47. The van der Waals surface area contributed by atoms with Gasteiger partial charge in [-0.25, -0.2) is 4.99 Å². The summed E-state index contributed by atoms with van der Waals surface area (Å²) >= 11 is 0. The molecule has 1 aliphatic heterocycles. The summed E-state index contributed by atoms with van der Waals surface area (Å²) in [4.78, 5) is 17.3. The van der Waals surface area contributed by atoms with Crippen LogP contribution in [0.15, 0.2) is 4.99 Å². The number of likely N-dealkylation sites (N-methyl/N-ethyl adjacent to an activating group) is 1. The molecule has 20 heavy (non-hydrogen) atoms. The summed E-state index contributed by atoms with van der Waals surface area (Å²) in [6.07, 6.45) is 4.93. The predicted octanol–water partition coefficient (Wildman–Crippen LogP) is 0.589.